The van der Waals surface area contributed by atoms with Gasteiger partial charge in [0.25, 0.3) is 0 Å². The van der Waals surface area contributed by atoms with Crippen molar-refractivity contribution in [1.29, 1.82) is 0 Å². The van der Waals surface area contributed by atoms with Gasteiger partial charge in [0.15, 0.2) is 5.58 Å². The van der Waals surface area contributed by atoms with Gasteiger partial charge in [-0.05, 0) is 24.3 Å². The van der Waals surface area contributed by atoms with Crippen molar-refractivity contribution in [3.8, 4) is 11.5 Å². The highest BCUT2D eigenvalue weighted by atomic mass is 35.5. The second kappa shape index (κ2) is 3.75. The van der Waals surface area contributed by atoms with Crippen molar-refractivity contribution in [2.45, 2.75) is 0 Å². The fourth-order valence-electron chi connectivity index (χ4n) is 1.63. The van der Waals surface area contributed by atoms with Crippen molar-refractivity contribution in [2.75, 3.05) is 5.73 Å². The third kappa shape index (κ3) is 1.72. The molecule has 84 valence electrons. The van der Waals surface area contributed by atoms with Crippen LogP contribution in [0.1, 0.15) is 0 Å². The Kier molecular flexibility index (Phi) is 2.23. The lowest BCUT2D eigenvalue weighted by molar-refractivity contribution is 0.620. The summed E-state index contributed by atoms with van der Waals surface area (Å²) in [7, 11) is 0. The number of oxazole rings is 1. The monoisotopic (exact) mass is 245 g/mol. The highest BCUT2D eigenvalue weighted by Gasteiger charge is 2.11. The number of hydrogen-bond donors (Lipinski definition) is 1. The molecule has 2 aromatic heterocycles. The highest BCUT2D eigenvalue weighted by Crippen LogP contribution is 2.30. The SMILES string of the molecule is Nc1cc(Cl)c2oc(-c3ccncc3)nc2c1. The highest BCUT2D eigenvalue weighted by molar-refractivity contribution is 6.35. The quantitative estimate of drug-likeness (QED) is 0.669. The second-order valence-electron chi connectivity index (χ2n) is 3.61. The number of nitrogen functional groups attached to an aromatic ring is 1. The molecule has 0 bridgehead atoms. The fraction of sp³-hybridized carbons (Fsp3) is 0. The fourth-order valence-corrected chi connectivity index (χ4v) is 1.89. The topological polar surface area (TPSA) is 64.9 Å². The molecule has 0 aliphatic carbocycles. The van der Waals surface area contributed by atoms with Crippen molar-refractivity contribution in [1.82, 2.24) is 9.97 Å². The average Bonchev–Trinajstić information content (AvgIpc) is 2.74. The molecule has 5 heteroatoms. The van der Waals surface area contributed by atoms with Crippen LogP contribution in [-0.4, -0.2) is 9.97 Å². The van der Waals surface area contributed by atoms with Crippen LogP contribution in [0.4, 0.5) is 5.69 Å². The molecular formula is C12H8ClN3O. The molecular weight excluding hydrogens is 238 g/mol. The van der Waals surface area contributed by atoms with Gasteiger partial charge in [0.1, 0.15) is 5.52 Å². The van der Waals surface area contributed by atoms with Gasteiger partial charge in [-0.15, -0.1) is 0 Å². The van der Waals surface area contributed by atoms with Gasteiger partial charge < -0.3 is 10.2 Å². The van der Waals surface area contributed by atoms with Crippen LogP contribution in [-0.2, 0) is 0 Å². The van der Waals surface area contributed by atoms with Gasteiger partial charge in [0.05, 0.1) is 5.02 Å². The number of halogens is 1. The van der Waals surface area contributed by atoms with E-state index in [0.29, 0.717) is 27.7 Å². The van der Waals surface area contributed by atoms with Gasteiger partial charge in [-0.25, -0.2) is 4.98 Å². The predicted octanol–water partition coefficient (Wildman–Crippen LogP) is 3.13. The molecule has 2 N–H and O–H groups in total. The standard InChI is InChI=1S/C12H8ClN3O/c13-9-5-8(14)6-10-11(9)17-12(16-10)7-1-3-15-4-2-7/h1-6H,14H2. The molecule has 17 heavy (non-hydrogen) atoms. The van der Waals surface area contributed by atoms with E-state index in [1.54, 1.807) is 24.5 Å². The summed E-state index contributed by atoms with van der Waals surface area (Å²) in [4.78, 5) is 8.29. The lowest BCUT2D eigenvalue weighted by Gasteiger charge is -1.93. The largest absolute Gasteiger partial charge is 0.435 e. The minimum absolute atomic E-state index is 0.466. The molecule has 0 aliphatic heterocycles. The summed E-state index contributed by atoms with van der Waals surface area (Å²) in [6, 6.07) is 7.02. The van der Waals surface area contributed by atoms with Crippen LogP contribution in [0, 0.1) is 0 Å². The van der Waals surface area contributed by atoms with Gasteiger partial charge >= 0.3 is 0 Å². The van der Waals surface area contributed by atoms with Crippen LogP contribution in [0.5, 0.6) is 0 Å². The smallest absolute Gasteiger partial charge is 0.227 e. The minimum atomic E-state index is 0.466. The summed E-state index contributed by atoms with van der Waals surface area (Å²) in [6.45, 7) is 0. The zero-order valence-electron chi connectivity index (χ0n) is 8.72. The van der Waals surface area contributed by atoms with Gasteiger partial charge in [0, 0.05) is 23.6 Å². The average molecular weight is 246 g/mol. The Morgan fingerprint density at radius 3 is 2.71 bits per heavy atom. The first-order chi connectivity index (χ1) is 8.24. The molecule has 0 amide bonds. The Hall–Kier alpha value is -2.07. The molecule has 0 radical (unpaired) electrons. The molecule has 0 unspecified atom stereocenters. The second-order valence-corrected chi connectivity index (χ2v) is 4.01. The summed E-state index contributed by atoms with van der Waals surface area (Å²) in [5.41, 5.74) is 8.32. The number of benzene rings is 1. The molecule has 0 saturated heterocycles. The number of nitrogens with two attached hydrogens (primary N) is 1. The molecule has 3 rings (SSSR count). The molecule has 0 saturated carbocycles. The molecule has 0 atom stereocenters. The molecule has 0 aliphatic rings. The maximum absolute atomic E-state index is 6.04. The van der Waals surface area contributed by atoms with Crippen LogP contribution < -0.4 is 5.73 Å². The maximum atomic E-state index is 6.04. The zero-order valence-corrected chi connectivity index (χ0v) is 9.48. The number of nitrogens with zero attached hydrogens (tertiary/aromatic N) is 2. The van der Waals surface area contributed by atoms with Crippen molar-refractivity contribution in [2.24, 2.45) is 0 Å². The van der Waals surface area contributed by atoms with Gasteiger partial charge in [-0.1, -0.05) is 11.6 Å². The molecule has 3 aromatic rings. The van der Waals surface area contributed by atoms with E-state index in [9.17, 15) is 0 Å². The summed E-state index contributed by atoms with van der Waals surface area (Å²) >= 11 is 6.04. The Labute approximate surface area is 102 Å². The van der Waals surface area contributed by atoms with Gasteiger partial charge in [-0.2, -0.15) is 0 Å². The van der Waals surface area contributed by atoms with Gasteiger partial charge in [-0.3, -0.25) is 4.98 Å². The molecule has 0 fully saturated rings. The summed E-state index contributed by atoms with van der Waals surface area (Å²) < 4.78 is 5.61. The Balaban J connectivity index is 2.24. The number of rotatable bonds is 1. The Bertz CT molecular complexity index is 679. The minimum Gasteiger partial charge on any atom is -0.435 e. The third-order valence-corrected chi connectivity index (χ3v) is 2.68. The van der Waals surface area contributed by atoms with Crippen LogP contribution in [0.3, 0.4) is 0 Å². The molecule has 0 spiro atoms. The number of fused-ring (bicyclic) bond motifs is 1. The van der Waals surface area contributed by atoms with E-state index in [1.807, 2.05) is 12.1 Å². The normalized spacial score (nSPS) is 10.9. The zero-order chi connectivity index (χ0) is 11.8. The van der Waals surface area contributed by atoms with Crippen molar-refractivity contribution in [3.05, 3.63) is 41.7 Å². The summed E-state index contributed by atoms with van der Waals surface area (Å²) in [5.74, 6) is 0.509. The van der Waals surface area contributed by atoms with E-state index < -0.39 is 0 Å². The first kappa shape index (κ1) is 10.1. The van der Waals surface area contributed by atoms with Crippen molar-refractivity contribution >= 4 is 28.4 Å². The van der Waals surface area contributed by atoms with Crippen LogP contribution >= 0.6 is 11.6 Å². The van der Waals surface area contributed by atoms with Crippen molar-refractivity contribution in [3.63, 3.8) is 0 Å². The van der Waals surface area contributed by atoms with Gasteiger partial charge in [0.2, 0.25) is 5.89 Å². The first-order valence-electron chi connectivity index (χ1n) is 5.00. The van der Waals surface area contributed by atoms with Crippen LogP contribution in [0.25, 0.3) is 22.6 Å². The van der Waals surface area contributed by atoms with Crippen LogP contribution in [0.2, 0.25) is 5.02 Å². The van der Waals surface area contributed by atoms with E-state index in [0.717, 1.165) is 5.56 Å². The summed E-state index contributed by atoms with van der Waals surface area (Å²) in [6.07, 6.45) is 3.36. The summed E-state index contributed by atoms with van der Waals surface area (Å²) in [5, 5.41) is 0.466. The molecule has 2 heterocycles. The number of hydrogen-bond acceptors (Lipinski definition) is 4. The van der Waals surface area contributed by atoms with Crippen molar-refractivity contribution < 1.29 is 4.42 Å². The number of anilines is 1. The van der Waals surface area contributed by atoms with Crippen LogP contribution in [0.15, 0.2) is 41.1 Å². The molecule has 4 nitrogen and oxygen atoms in total. The predicted molar refractivity (Wildman–Crippen MR) is 66.7 cm³/mol. The number of aromatic nitrogens is 2. The lowest BCUT2D eigenvalue weighted by Crippen LogP contribution is -1.83. The first-order valence-corrected chi connectivity index (χ1v) is 5.38. The van der Waals surface area contributed by atoms with E-state index in [4.69, 9.17) is 21.8 Å². The number of pyridine rings is 1. The van der Waals surface area contributed by atoms with E-state index in [1.165, 1.54) is 0 Å². The lowest BCUT2D eigenvalue weighted by atomic mass is 10.3. The van der Waals surface area contributed by atoms with E-state index >= 15 is 0 Å². The third-order valence-electron chi connectivity index (χ3n) is 2.39. The Morgan fingerprint density at radius 1 is 1.18 bits per heavy atom. The maximum Gasteiger partial charge on any atom is 0.227 e. The molecule has 1 aromatic carbocycles. The van der Waals surface area contributed by atoms with E-state index in [-0.39, 0.29) is 0 Å². The Morgan fingerprint density at radius 2 is 1.94 bits per heavy atom. The van der Waals surface area contributed by atoms with E-state index in [2.05, 4.69) is 9.97 Å².